The number of aromatic nitrogens is 4. The largest absolute Gasteiger partial charge is 0.488 e. The summed E-state index contributed by atoms with van der Waals surface area (Å²) in [5.74, 6) is 0.0700. The Labute approximate surface area is 211 Å². The highest BCUT2D eigenvalue weighted by atomic mass is 35.5. The lowest BCUT2D eigenvalue weighted by atomic mass is 10.1. The fourth-order valence-corrected chi connectivity index (χ4v) is 4.12. The second kappa shape index (κ2) is 9.60. The molecule has 0 atom stereocenters. The number of imidazole rings is 2. The summed E-state index contributed by atoms with van der Waals surface area (Å²) in [5, 5.41) is 3.08. The van der Waals surface area contributed by atoms with Crippen molar-refractivity contribution in [2.45, 2.75) is 6.92 Å². The average molecular weight is 507 g/mol. The van der Waals surface area contributed by atoms with Crippen LogP contribution in [0.1, 0.15) is 16.1 Å². The Morgan fingerprint density at radius 2 is 1.97 bits per heavy atom. The first-order valence-electron chi connectivity index (χ1n) is 11.3. The van der Waals surface area contributed by atoms with Crippen molar-refractivity contribution < 1.29 is 13.9 Å². The van der Waals surface area contributed by atoms with Gasteiger partial charge in [0, 0.05) is 24.0 Å². The zero-order chi connectivity index (χ0) is 25.4. The van der Waals surface area contributed by atoms with Crippen molar-refractivity contribution in [3.63, 3.8) is 0 Å². The van der Waals surface area contributed by atoms with Crippen LogP contribution in [0.3, 0.4) is 0 Å². The van der Waals surface area contributed by atoms with Crippen LogP contribution < -0.4 is 10.1 Å². The van der Waals surface area contributed by atoms with Gasteiger partial charge in [-0.25, -0.2) is 14.4 Å². The van der Waals surface area contributed by atoms with Gasteiger partial charge in [0.15, 0.2) is 11.4 Å². The number of likely N-dealkylation sites (N-methyl/N-ethyl adjacent to an activating group) is 1. The number of rotatable bonds is 7. The molecule has 0 spiro atoms. The van der Waals surface area contributed by atoms with Crippen LogP contribution in [-0.2, 0) is 0 Å². The van der Waals surface area contributed by atoms with Gasteiger partial charge in [0.25, 0.3) is 5.91 Å². The molecule has 0 radical (unpaired) electrons. The van der Waals surface area contributed by atoms with Crippen LogP contribution in [0.5, 0.6) is 5.75 Å². The molecule has 184 valence electrons. The number of hydrogen-bond acceptors (Lipinski definition) is 5. The van der Waals surface area contributed by atoms with Gasteiger partial charge >= 0.3 is 0 Å². The Kier molecular flexibility index (Phi) is 6.34. The van der Waals surface area contributed by atoms with Gasteiger partial charge in [-0.3, -0.25) is 10.1 Å². The molecule has 1 amide bonds. The van der Waals surface area contributed by atoms with Crippen molar-refractivity contribution in [2.24, 2.45) is 0 Å². The third-order valence-corrected chi connectivity index (χ3v) is 5.81. The molecular formula is C26H24ClFN6O2. The molecule has 10 heteroatoms. The van der Waals surface area contributed by atoms with Crippen molar-refractivity contribution in [1.29, 1.82) is 0 Å². The summed E-state index contributed by atoms with van der Waals surface area (Å²) in [7, 11) is 3.95. The lowest BCUT2D eigenvalue weighted by Gasteiger charge is -2.12. The van der Waals surface area contributed by atoms with Crippen molar-refractivity contribution in [3.05, 3.63) is 77.0 Å². The van der Waals surface area contributed by atoms with E-state index < -0.39 is 11.7 Å². The van der Waals surface area contributed by atoms with Crippen LogP contribution in [-0.4, -0.2) is 57.4 Å². The lowest BCUT2D eigenvalue weighted by Crippen LogP contribution is -2.19. The predicted octanol–water partition coefficient (Wildman–Crippen LogP) is 5.17. The molecule has 2 aromatic carbocycles. The number of H-pyrrole nitrogens is 1. The molecular weight excluding hydrogens is 483 g/mol. The first kappa shape index (κ1) is 23.8. The molecule has 0 fully saturated rings. The predicted molar refractivity (Wildman–Crippen MR) is 138 cm³/mol. The number of aromatic amines is 1. The molecule has 5 rings (SSSR count). The number of ether oxygens (including phenoxy) is 1. The number of carbonyl (C=O) groups excluding carboxylic acids is 1. The summed E-state index contributed by atoms with van der Waals surface area (Å²) in [5.41, 5.74) is 4.53. The number of aryl methyl sites for hydroxylation is 1. The molecule has 3 aromatic heterocycles. The molecule has 0 saturated heterocycles. The topological polar surface area (TPSA) is 87.5 Å². The normalized spacial score (nSPS) is 11.5. The molecule has 5 aromatic rings. The Hall–Kier alpha value is -3.95. The van der Waals surface area contributed by atoms with Gasteiger partial charge in [-0.2, -0.15) is 0 Å². The highest BCUT2D eigenvalue weighted by molar-refractivity contribution is 6.30. The molecule has 0 aliphatic heterocycles. The first-order chi connectivity index (χ1) is 17.2. The summed E-state index contributed by atoms with van der Waals surface area (Å²) in [6.07, 6.45) is 3.55. The van der Waals surface area contributed by atoms with Crippen molar-refractivity contribution >= 4 is 40.1 Å². The van der Waals surface area contributed by atoms with Gasteiger partial charge in [0.2, 0.25) is 5.95 Å². The molecule has 0 unspecified atom stereocenters. The maximum absolute atomic E-state index is 13.8. The average Bonchev–Trinajstić information content (AvgIpc) is 3.41. The van der Waals surface area contributed by atoms with Gasteiger partial charge in [0.05, 0.1) is 11.0 Å². The number of anilines is 1. The number of hydrogen-bond donors (Lipinski definition) is 2. The van der Waals surface area contributed by atoms with Gasteiger partial charge in [-0.1, -0.05) is 17.7 Å². The molecule has 0 aliphatic carbocycles. The van der Waals surface area contributed by atoms with E-state index in [-0.39, 0.29) is 11.6 Å². The van der Waals surface area contributed by atoms with Crippen molar-refractivity contribution in [1.82, 2.24) is 24.3 Å². The quantitative estimate of drug-likeness (QED) is 0.318. The van der Waals surface area contributed by atoms with Crippen LogP contribution in [0.15, 0.2) is 54.9 Å². The number of nitrogens with one attached hydrogen (secondary N) is 2. The number of fused-ring (bicyclic) bond motifs is 2. The highest BCUT2D eigenvalue weighted by Gasteiger charge is 2.16. The summed E-state index contributed by atoms with van der Waals surface area (Å²) in [6.45, 7) is 3.22. The minimum absolute atomic E-state index is 0.230. The van der Waals surface area contributed by atoms with Gasteiger partial charge < -0.3 is 19.0 Å². The molecule has 36 heavy (non-hydrogen) atoms. The molecule has 3 heterocycles. The van der Waals surface area contributed by atoms with E-state index in [1.165, 1.54) is 12.1 Å². The van der Waals surface area contributed by atoms with Crippen molar-refractivity contribution in [2.75, 3.05) is 32.6 Å². The fourth-order valence-electron chi connectivity index (χ4n) is 3.90. The SMILES string of the molecule is Cc1cc(OCCN(C)C)c2nc(C(=O)Nc3nc4ccc(-c5cc(F)cc(Cl)c5)cc4[nH]3)cn2c1. The van der Waals surface area contributed by atoms with E-state index in [2.05, 4.69) is 20.3 Å². The zero-order valence-electron chi connectivity index (χ0n) is 20.0. The fraction of sp³-hybridized carbons (Fsp3) is 0.192. The van der Waals surface area contributed by atoms with Crippen molar-refractivity contribution in [3.8, 4) is 16.9 Å². The molecule has 8 nitrogen and oxygen atoms in total. The minimum Gasteiger partial charge on any atom is -0.488 e. The van der Waals surface area contributed by atoms with Crippen LogP contribution in [0.2, 0.25) is 5.02 Å². The van der Waals surface area contributed by atoms with E-state index >= 15 is 0 Å². The van der Waals surface area contributed by atoms with E-state index in [0.717, 1.165) is 17.7 Å². The second-order valence-corrected chi connectivity index (χ2v) is 9.26. The third-order valence-electron chi connectivity index (χ3n) is 5.59. The molecule has 0 bridgehead atoms. The maximum Gasteiger partial charge on any atom is 0.278 e. The zero-order valence-corrected chi connectivity index (χ0v) is 20.7. The molecule has 0 aliphatic rings. The number of carbonyl (C=O) groups is 1. The summed E-state index contributed by atoms with van der Waals surface area (Å²) in [6, 6.07) is 11.7. The number of amides is 1. The van der Waals surface area contributed by atoms with Crippen LogP contribution in [0.25, 0.3) is 27.8 Å². The van der Waals surface area contributed by atoms with Gasteiger partial charge in [-0.05, 0) is 74.1 Å². The number of halogens is 2. The maximum atomic E-state index is 13.8. The van der Waals surface area contributed by atoms with Gasteiger partial charge in [-0.15, -0.1) is 0 Å². The van der Waals surface area contributed by atoms with Crippen LogP contribution in [0, 0.1) is 12.7 Å². The van der Waals surface area contributed by atoms with E-state index in [1.54, 1.807) is 22.7 Å². The smallest absolute Gasteiger partial charge is 0.278 e. The standard InChI is InChI=1S/C26H24ClFN6O2/c1-15-8-23(36-7-6-33(2)3)24-29-22(14-34(24)13-15)25(35)32-26-30-20-5-4-16(11-21(20)31-26)17-9-18(27)12-19(28)10-17/h4-5,8-14H,6-7H2,1-3H3,(H2,30,31,32,35). The summed E-state index contributed by atoms with van der Waals surface area (Å²) in [4.78, 5) is 27.0. The van der Waals surface area contributed by atoms with E-state index in [1.807, 2.05) is 50.3 Å². The molecule has 0 saturated carbocycles. The lowest BCUT2D eigenvalue weighted by molar-refractivity contribution is 0.102. The molecule has 2 N–H and O–H groups in total. The van der Waals surface area contributed by atoms with Gasteiger partial charge in [0.1, 0.15) is 18.1 Å². The Morgan fingerprint density at radius 1 is 1.14 bits per heavy atom. The number of nitrogens with zero attached hydrogens (tertiary/aromatic N) is 4. The summed E-state index contributed by atoms with van der Waals surface area (Å²) < 4.78 is 21.5. The van der Waals surface area contributed by atoms with Crippen LogP contribution in [0.4, 0.5) is 10.3 Å². The summed E-state index contributed by atoms with van der Waals surface area (Å²) >= 11 is 6.00. The van der Waals surface area contributed by atoms with E-state index in [9.17, 15) is 9.18 Å². The van der Waals surface area contributed by atoms with E-state index in [4.69, 9.17) is 16.3 Å². The Bertz CT molecular complexity index is 1570. The Balaban J connectivity index is 1.38. The first-order valence-corrected chi connectivity index (χ1v) is 11.7. The van der Waals surface area contributed by atoms with E-state index in [0.29, 0.717) is 39.6 Å². The minimum atomic E-state index is -0.413. The number of pyridine rings is 1. The number of benzene rings is 2. The van der Waals surface area contributed by atoms with Crippen LogP contribution >= 0.6 is 11.6 Å². The highest BCUT2D eigenvalue weighted by Crippen LogP contribution is 2.28. The third kappa shape index (κ3) is 5.02. The second-order valence-electron chi connectivity index (χ2n) is 8.82. The Morgan fingerprint density at radius 3 is 2.75 bits per heavy atom. The monoisotopic (exact) mass is 506 g/mol.